The van der Waals surface area contributed by atoms with Crippen molar-refractivity contribution in [2.24, 2.45) is 0 Å². The molecule has 18 heavy (non-hydrogen) atoms. The molecule has 0 atom stereocenters. The van der Waals surface area contributed by atoms with E-state index in [0.29, 0.717) is 5.82 Å². The Morgan fingerprint density at radius 1 is 1.22 bits per heavy atom. The molecule has 0 saturated carbocycles. The van der Waals surface area contributed by atoms with E-state index >= 15 is 0 Å². The molecule has 1 aliphatic rings. The summed E-state index contributed by atoms with van der Waals surface area (Å²) < 4.78 is 5.56. The average Bonchev–Trinajstić information content (AvgIpc) is 2.87. The van der Waals surface area contributed by atoms with Gasteiger partial charge in [-0.25, -0.2) is 9.97 Å². The summed E-state index contributed by atoms with van der Waals surface area (Å²) in [6, 6.07) is 5.78. The quantitative estimate of drug-likeness (QED) is 0.866. The summed E-state index contributed by atoms with van der Waals surface area (Å²) in [6.07, 6.45) is 1.79. The SMILES string of the molecule is Cc1ccc(-c2nccc(N3CCNCC3)n2)o1. The standard InChI is InChI=1S/C13H16N4O/c1-10-2-3-11(18-10)13-15-5-4-12(16-13)17-8-6-14-7-9-17/h2-5,14H,6-9H2,1H3. The van der Waals surface area contributed by atoms with Crippen LogP contribution in [0.5, 0.6) is 0 Å². The van der Waals surface area contributed by atoms with E-state index in [2.05, 4.69) is 20.2 Å². The van der Waals surface area contributed by atoms with Crippen LogP contribution in [-0.4, -0.2) is 36.1 Å². The Hall–Kier alpha value is -1.88. The first-order chi connectivity index (χ1) is 8.83. The minimum atomic E-state index is 0.652. The second-order valence-corrected chi connectivity index (χ2v) is 4.39. The molecule has 2 aromatic rings. The topological polar surface area (TPSA) is 54.2 Å². The van der Waals surface area contributed by atoms with Crippen molar-refractivity contribution in [2.45, 2.75) is 6.92 Å². The Morgan fingerprint density at radius 3 is 2.78 bits per heavy atom. The lowest BCUT2D eigenvalue weighted by Crippen LogP contribution is -2.43. The molecule has 1 aliphatic heterocycles. The molecule has 0 aromatic carbocycles. The van der Waals surface area contributed by atoms with Crippen LogP contribution in [0.2, 0.25) is 0 Å². The molecule has 1 fully saturated rings. The van der Waals surface area contributed by atoms with Crippen molar-refractivity contribution in [2.75, 3.05) is 31.1 Å². The van der Waals surface area contributed by atoms with Crippen molar-refractivity contribution in [1.29, 1.82) is 0 Å². The maximum atomic E-state index is 5.56. The molecule has 5 heteroatoms. The number of rotatable bonds is 2. The fourth-order valence-corrected chi connectivity index (χ4v) is 2.09. The summed E-state index contributed by atoms with van der Waals surface area (Å²) in [5, 5.41) is 3.33. The fraction of sp³-hybridized carbons (Fsp3) is 0.385. The smallest absolute Gasteiger partial charge is 0.197 e. The average molecular weight is 244 g/mol. The molecule has 3 heterocycles. The number of nitrogens with zero attached hydrogens (tertiary/aromatic N) is 3. The second-order valence-electron chi connectivity index (χ2n) is 4.39. The molecular formula is C13H16N4O. The van der Waals surface area contributed by atoms with Crippen molar-refractivity contribution < 1.29 is 4.42 Å². The van der Waals surface area contributed by atoms with Crippen molar-refractivity contribution in [3.63, 3.8) is 0 Å². The van der Waals surface area contributed by atoms with Crippen molar-refractivity contribution >= 4 is 5.82 Å². The van der Waals surface area contributed by atoms with Gasteiger partial charge in [-0.2, -0.15) is 0 Å². The summed E-state index contributed by atoms with van der Waals surface area (Å²) in [4.78, 5) is 11.1. The van der Waals surface area contributed by atoms with Crippen LogP contribution in [0.3, 0.4) is 0 Å². The Morgan fingerprint density at radius 2 is 2.06 bits per heavy atom. The van der Waals surface area contributed by atoms with Gasteiger partial charge >= 0.3 is 0 Å². The molecule has 0 unspecified atom stereocenters. The van der Waals surface area contributed by atoms with Gasteiger partial charge in [-0.1, -0.05) is 0 Å². The first-order valence-electron chi connectivity index (χ1n) is 6.18. The lowest BCUT2D eigenvalue weighted by atomic mass is 10.3. The van der Waals surface area contributed by atoms with Crippen LogP contribution in [0.1, 0.15) is 5.76 Å². The van der Waals surface area contributed by atoms with E-state index < -0.39 is 0 Å². The van der Waals surface area contributed by atoms with Crippen LogP contribution >= 0.6 is 0 Å². The highest BCUT2D eigenvalue weighted by molar-refractivity contribution is 5.51. The number of hydrogen-bond donors (Lipinski definition) is 1. The molecule has 1 saturated heterocycles. The molecular weight excluding hydrogens is 228 g/mol. The molecule has 0 radical (unpaired) electrons. The Labute approximate surface area is 106 Å². The summed E-state index contributed by atoms with van der Waals surface area (Å²) in [5.41, 5.74) is 0. The molecule has 2 aromatic heterocycles. The zero-order valence-corrected chi connectivity index (χ0v) is 10.4. The molecule has 0 aliphatic carbocycles. The predicted molar refractivity (Wildman–Crippen MR) is 69.6 cm³/mol. The lowest BCUT2D eigenvalue weighted by molar-refractivity contribution is 0.543. The first kappa shape index (κ1) is 11.2. The highest BCUT2D eigenvalue weighted by Gasteiger charge is 2.13. The number of furan rings is 1. The van der Waals surface area contributed by atoms with E-state index in [1.807, 2.05) is 25.1 Å². The van der Waals surface area contributed by atoms with Crippen molar-refractivity contribution in [3.05, 3.63) is 30.2 Å². The zero-order valence-electron chi connectivity index (χ0n) is 10.4. The molecule has 3 rings (SSSR count). The Balaban J connectivity index is 1.88. The maximum absolute atomic E-state index is 5.56. The normalized spacial score (nSPS) is 15.9. The van der Waals surface area contributed by atoms with Crippen LogP contribution in [-0.2, 0) is 0 Å². The van der Waals surface area contributed by atoms with E-state index in [9.17, 15) is 0 Å². The van der Waals surface area contributed by atoms with Crippen molar-refractivity contribution in [1.82, 2.24) is 15.3 Å². The molecule has 1 N–H and O–H groups in total. The van der Waals surface area contributed by atoms with Gasteiger partial charge in [0.2, 0.25) is 0 Å². The summed E-state index contributed by atoms with van der Waals surface area (Å²) >= 11 is 0. The zero-order chi connectivity index (χ0) is 12.4. The lowest BCUT2D eigenvalue weighted by Gasteiger charge is -2.28. The van der Waals surface area contributed by atoms with Gasteiger partial charge < -0.3 is 14.6 Å². The van der Waals surface area contributed by atoms with Gasteiger partial charge in [0.05, 0.1) is 0 Å². The minimum Gasteiger partial charge on any atom is -0.458 e. The Bertz CT molecular complexity index is 531. The van der Waals surface area contributed by atoms with Crippen LogP contribution in [0.25, 0.3) is 11.6 Å². The summed E-state index contributed by atoms with van der Waals surface area (Å²) in [6.45, 7) is 5.88. The third kappa shape index (κ3) is 2.22. The fourth-order valence-electron chi connectivity index (χ4n) is 2.09. The van der Waals surface area contributed by atoms with E-state index in [1.165, 1.54) is 0 Å². The number of anilines is 1. The van der Waals surface area contributed by atoms with E-state index in [4.69, 9.17) is 4.42 Å². The van der Waals surface area contributed by atoms with Gasteiger partial charge in [-0.3, -0.25) is 0 Å². The molecule has 0 bridgehead atoms. The molecule has 5 nitrogen and oxygen atoms in total. The number of hydrogen-bond acceptors (Lipinski definition) is 5. The van der Waals surface area contributed by atoms with Gasteiger partial charge in [0.25, 0.3) is 0 Å². The van der Waals surface area contributed by atoms with E-state index in [-0.39, 0.29) is 0 Å². The third-order valence-corrected chi connectivity index (χ3v) is 3.04. The van der Waals surface area contributed by atoms with Gasteiger partial charge in [-0.05, 0) is 25.1 Å². The molecule has 0 spiro atoms. The van der Waals surface area contributed by atoms with E-state index in [0.717, 1.165) is 43.5 Å². The minimum absolute atomic E-state index is 0.652. The summed E-state index contributed by atoms with van der Waals surface area (Å²) in [7, 11) is 0. The van der Waals surface area contributed by atoms with Crippen LogP contribution in [0.4, 0.5) is 5.82 Å². The maximum Gasteiger partial charge on any atom is 0.197 e. The van der Waals surface area contributed by atoms with Crippen molar-refractivity contribution in [3.8, 4) is 11.6 Å². The number of nitrogens with one attached hydrogen (secondary N) is 1. The van der Waals surface area contributed by atoms with Gasteiger partial charge in [0, 0.05) is 32.4 Å². The third-order valence-electron chi connectivity index (χ3n) is 3.04. The van der Waals surface area contributed by atoms with Crippen LogP contribution in [0, 0.1) is 6.92 Å². The highest BCUT2D eigenvalue weighted by Crippen LogP contribution is 2.20. The number of aryl methyl sites for hydroxylation is 1. The first-order valence-corrected chi connectivity index (χ1v) is 6.18. The monoisotopic (exact) mass is 244 g/mol. The molecule has 0 amide bonds. The molecule has 94 valence electrons. The van der Waals surface area contributed by atoms with Gasteiger partial charge in [0.1, 0.15) is 11.6 Å². The van der Waals surface area contributed by atoms with E-state index in [1.54, 1.807) is 6.20 Å². The van der Waals surface area contributed by atoms with Gasteiger partial charge in [-0.15, -0.1) is 0 Å². The summed E-state index contributed by atoms with van der Waals surface area (Å²) in [5.74, 6) is 3.22. The van der Waals surface area contributed by atoms with Crippen LogP contribution < -0.4 is 10.2 Å². The highest BCUT2D eigenvalue weighted by atomic mass is 16.3. The van der Waals surface area contributed by atoms with Crippen LogP contribution in [0.15, 0.2) is 28.8 Å². The second kappa shape index (κ2) is 4.78. The largest absolute Gasteiger partial charge is 0.458 e. The number of aromatic nitrogens is 2. The van der Waals surface area contributed by atoms with Gasteiger partial charge in [0.15, 0.2) is 11.6 Å². The number of piperazine rings is 1. The Kier molecular flexibility index (Phi) is 2.98. The predicted octanol–water partition coefficient (Wildman–Crippen LogP) is 1.45.